The zero-order chi connectivity index (χ0) is 52.1. The van der Waals surface area contributed by atoms with Gasteiger partial charge in [0.15, 0.2) is 15.6 Å². The highest BCUT2D eigenvalue weighted by Gasteiger charge is 2.71. The standard InChI is InChI=1S/C56H84ClN3O10S/c1-33(2)45-39(61)30-56(43(62)31-58-32-50(3,4)59-47(63)35-13-12-34(57)28-40(35)69-25-22-60-23-26-71(67,68)27-24-60)21-20-54(10)36(46(45)56)14-15-42-53(9)18-17-44(52(7,8)41(53)16-19-55(42,54)11)70-49(66)38-29-37(48(64)65)51(38,5)6/h12-13,28,33,36-38,41-44,58,62H,14-27,29-32H2,1-11H3,(H,59,63)(H,64,65)/t36-,37+,38-,41+,42-,43+,44+,53+,54-,55-,56+/m1/s1. The lowest BCUT2D eigenvalue weighted by Gasteiger charge is -2.72. The summed E-state index contributed by atoms with van der Waals surface area (Å²) in [6.07, 6.45) is 7.01. The van der Waals surface area contributed by atoms with Crippen molar-refractivity contribution in [2.45, 2.75) is 158 Å². The molecule has 1 aromatic carbocycles. The summed E-state index contributed by atoms with van der Waals surface area (Å²) in [6.45, 7) is 26.3. The highest BCUT2D eigenvalue weighted by atomic mass is 35.5. The smallest absolute Gasteiger partial charge is 0.309 e. The van der Waals surface area contributed by atoms with Gasteiger partial charge in [-0.2, -0.15) is 0 Å². The van der Waals surface area contributed by atoms with E-state index < -0.39 is 50.1 Å². The minimum Gasteiger partial charge on any atom is -0.491 e. The van der Waals surface area contributed by atoms with Crippen molar-refractivity contribution in [3.05, 3.63) is 39.9 Å². The number of nitrogens with one attached hydrogen (secondary N) is 2. The Labute approximate surface area is 428 Å². The van der Waals surface area contributed by atoms with Crippen molar-refractivity contribution in [2.75, 3.05) is 50.8 Å². The van der Waals surface area contributed by atoms with E-state index in [0.29, 0.717) is 67.2 Å². The molecular weight excluding hydrogens is 942 g/mol. The number of carboxylic acids is 1. The number of hydrogen-bond donors (Lipinski definition) is 4. The van der Waals surface area contributed by atoms with Crippen LogP contribution in [0.2, 0.25) is 5.02 Å². The van der Waals surface area contributed by atoms with Gasteiger partial charge in [0, 0.05) is 60.5 Å². The molecule has 0 aromatic heterocycles. The molecule has 11 atom stereocenters. The van der Waals surface area contributed by atoms with Gasteiger partial charge in [0.2, 0.25) is 0 Å². The highest BCUT2D eigenvalue weighted by molar-refractivity contribution is 7.91. The summed E-state index contributed by atoms with van der Waals surface area (Å²) in [4.78, 5) is 55.8. The molecule has 8 rings (SSSR count). The second-order valence-corrected chi connectivity index (χ2v) is 28.8. The molecule has 13 nitrogen and oxygen atoms in total. The van der Waals surface area contributed by atoms with Gasteiger partial charge in [0.25, 0.3) is 5.91 Å². The molecule has 6 aliphatic carbocycles. The maximum Gasteiger partial charge on any atom is 0.309 e. The third-order valence-electron chi connectivity index (χ3n) is 20.8. The number of hydrogen-bond acceptors (Lipinski definition) is 11. The van der Waals surface area contributed by atoms with Gasteiger partial charge in [0.05, 0.1) is 35.0 Å². The molecule has 1 heterocycles. The van der Waals surface area contributed by atoms with Crippen LogP contribution in [0.15, 0.2) is 29.3 Å². The first kappa shape index (κ1) is 54.2. The van der Waals surface area contributed by atoms with E-state index in [4.69, 9.17) is 21.1 Å². The summed E-state index contributed by atoms with van der Waals surface area (Å²) in [6, 6.07) is 4.91. The molecule has 7 aliphatic rings. The van der Waals surface area contributed by atoms with Gasteiger partial charge in [-0.1, -0.05) is 79.5 Å². The van der Waals surface area contributed by atoms with E-state index in [0.717, 1.165) is 56.9 Å². The van der Waals surface area contributed by atoms with E-state index in [9.17, 15) is 37.8 Å². The van der Waals surface area contributed by atoms with Crippen molar-refractivity contribution in [3.8, 4) is 5.75 Å². The molecule has 6 fully saturated rings. The molecule has 1 amide bonds. The van der Waals surface area contributed by atoms with Gasteiger partial charge in [-0.05, 0) is 141 Å². The Morgan fingerprint density at radius 2 is 1.59 bits per heavy atom. The van der Waals surface area contributed by atoms with Gasteiger partial charge in [-0.15, -0.1) is 0 Å². The van der Waals surface area contributed by atoms with Gasteiger partial charge in [0.1, 0.15) is 18.5 Å². The van der Waals surface area contributed by atoms with Crippen LogP contribution in [0, 0.1) is 68.0 Å². The van der Waals surface area contributed by atoms with Crippen molar-refractivity contribution in [1.82, 2.24) is 15.5 Å². The molecule has 1 aliphatic heterocycles. The highest BCUT2D eigenvalue weighted by Crippen LogP contribution is 2.77. The van der Waals surface area contributed by atoms with Crippen molar-refractivity contribution in [2.24, 2.45) is 68.0 Å². The fraction of sp³-hybridized carbons (Fsp3) is 0.786. The summed E-state index contributed by atoms with van der Waals surface area (Å²) >= 11 is 6.34. The third-order valence-corrected chi connectivity index (χ3v) is 22.7. The number of aliphatic carboxylic acids is 1. The third kappa shape index (κ3) is 9.34. The van der Waals surface area contributed by atoms with E-state index in [-0.39, 0.29) is 81.9 Å². The number of aliphatic hydroxyl groups excluding tert-OH is 1. The average molecular weight is 1030 g/mol. The maximum absolute atomic E-state index is 14.4. The first-order valence-electron chi connectivity index (χ1n) is 26.7. The summed E-state index contributed by atoms with van der Waals surface area (Å²) in [5.41, 5.74) is 0.0546. The first-order chi connectivity index (χ1) is 32.9. The number of carbonyl (C=O) groups is 4. The summed E-state index contributed by atoms with van der Waals surface area (Å²) in [5.74, 6) is -0.662. The number of esters is 1. The number of fused-ring (bicyclic) bond motifs is 7. The molecule has 1 aromatic rings. The number of ether oxygens (including phenoxy) is 2. The Morgan fingerprint density at radius 3 is 2.24 bits per heavy atom. The van der Waals surface area contributed by atoms with E-state index >= 15 is 0 Å². The lowest BCUT2D eigenvalue weighted by Crippen LogP contribution is -2.66. The van der Waals surface area contributed by atoms with Crippen LogP contribution in [0.4, 0.5) is 0 Å². The first-order valence-corrected chi connectivity index (χ1v) is 28.9. The van der Waals surface area contributed by atoms with Crippen molar-refractivity contribution < 1.29 is 47.3 Å². The Hall–Kier alpha value is -3.04. The largest absolute Gasteiger partial charge is 0.491 e. The van der Waals surface area contributed by atoms with Crippen LogP contribution in [0.25, 0.3) is 0 Å². The molecule has 15 heteroatoms. The van der Waals surface area contributed by atoms with Crippen LogP contribution < -0.4 is 15.4 Å². The number of allylic oxidation sites excluding steroid dienone is 1. The zero-order valence-electron chi connectivity index (χ0n) is 44.5. The van der Waals surface area contributed by atoms with Crippen molar-refractivity contribution >= 4 is 45.1 Å². The van der Waals surface area contributed by atoms with Crippen LogP contribution in [-0.4, -0.2) is 116 Å². The van der Waals surface area contributed by atoms with Gasteiger partial charge in [-0.3, -0.25) is 24.1 Å². The predicted octanol–water partition coefficient (Wildman–Crippen LogP) is 8.55. The Morgan fingerprint density at radius 1 is 0.901 bits per heavy atom. The molecular formula is C56H84ClN3O10S. The fourth-order valence-electron chi connectivity index (χ4n) is 16.4. The maximum atomic E-state index is 14.4. The number of rotatable bonds is 15. The second kappa shape index (κ2) is 19.0. The van der Waals surface area contributed by atoms with Crippen LogP contribution in [0.5, 0.6) is 5.75 Å². The van der Waals surface area contributed by atoms with E-state index in [2.05, 4.69) is 59.1 Å². The second-order valence-electron chi connectivity index (χ2n) is 26.1. The summed E-state index contributed by atoms with van der Waals surface area (Å²) in [5, 5.41) is 29.4. The number of Topliss-reactive ketones (excluding diaryl/α,β-unsaturated/α-hetero) is 1. The zero-order valence-corrected chi connectivity index (χ0v) is 46.0. The van der Waals surface area contributed by atoms with Gasteiger partial charge >= 0.3 is 11.9 Å². The Kier molecular flexibility index (Phi) is 14.5. The van der Waals surface area contributed by atoms with E-state index in [1.165, 1.54) is 5.57 Å². The van der Waals surface area contributed by atoms with Gasteiger partial charge < -0.3 is 30.3 Å². The van der Waals surface area contributed by atoms with Crippen molar-refractivity contribution in [1.29, 1.82) is 0 Å². The van der Waals surface area contributed by atoms with Crippen LogP contribution in [0.1, 0.15) is 151 Å². The molecule has 1 saturated heterocycles. The molecule has 71 heavy (non-hydrogen) atoms. The van der Waals surface area contributed by atoms with E-state index in [1.807, 2.05) is 32.6 Å². The molecule has 5 saturated carbocycles. The molecule has 0 bridgehead atoms. The number of carboxylic acid groups (broad SMARTS) is 1. The van der Waals surface area contributed by atoms with Crippen molar-refractivity contribution in [3.63, 3.8) is 0 Å². The van der Waals surface area contributed by atoms with Gasteiger partial charge in [-0.25, -0.2) is 8.42 Å². The number of sulfone groups is 1. The number of amides is 1. The number of benzene rings is 1. The lowest BCUT2D eigenvalue weighted by molar-refractivity contribution is -0.238. The average Bonchev–Trinajstić information content (AvgIpc) is 3.58. The van der Waals surface area contributed by atoms with Crippen LogP contribution in [-0.2, 0) is 29.0 Å². The normalized spacial score (nSPS) is 36.6. The number of nitrogens with zero attached hydrogens (tertiary/aromatic N) is 1. The number of carbonyl (C=O) groups excluding carboxylic acids is 3. The topological polar surface area (TPSA) is 189 Å². The quantitative estimate of drug-likeness (QED) is 0.123. The predicted molar refractivity (Wildman–Crippen MR) is 275 cm³/mol. The SMILES string of the molecule is CC(C)C1=C2[C@H]3CC[C@@H]4[C@@]5(C)CC[C@H](OC(=O)[C@H]6C[C@@H](C(=O)O)C6(C)C)C(C)(C)[C@@H]5CC[C@@]4(C)[C@]3(C)CC[C@@]2([C@@H](O)CNCC(C)(C)NC(=O)c2ccc(Cl)cc2OCCN2CCS(=O)(=O)CC2)CC1=O. The minimum absolute atomic E-state index is 0.0163. The molecule has 0 unspecified atom stereocenters. The molecule has 0 radical (unpaired) electrons. The molecule has 0 spiro atoms. The molecule has 396 valence electrons. The monoisotopic (exact) mass is 1030 g/mol. The summed E-state index contributed by atoms with van der Waals surface area (Å²) < 4.78 is 36.3. The fourth-order valence-corrected chi connectivity index (χ4v) is 17.9. The summed E-state index contributed by atoms with van der Waals surface area (Å²) in [7, 11) is -3.00. The lowest BCUT2D eigenvalue weighted by atomic mass is 9.33. The molecule has 4 N–H and O–H groups in total. The minimum atomic E-state index is -3.00. The number of halogens is 1. The Balaban J connectivity index is 0.934. The van der Waals surface area contributed by atoms with E-state index in [1.54, 1.807) is 18.2 Å². The Bertz CT molecular complexity index is 2420. The van der Waals surface area contributed by atoms with Crippen LogP contribution >= 0.6 is 11.6 Å². The number of aliphatic hydroxyl groups is 1. The number of ketones is 1. The van der Waals surface area contributed by atoms with Crippen LogP contribution in [0.3, 0.4) is 0 Å².